The highest BCUT2D eigenvalue weighted by Gasteiger charge is 2.54. The lowest BCUT2D eigenvalue weighted by atomic mass is 9.49. The quantitative estimate of drug-likeness (QED) is 0.479. The maximum Gasteiger partial charge on any atom is 0.325 e. The van der Waals surface area contributed by atoms with Crippen molar-refractivity contribution in [1.29, 1.82) is 0 Å². The maximum absolute atomic E-state index is 13.0. The molecule has 1 N–H and O–H groups in total. The van der Waals surface area contributed by atoms with Crippen LogP contribution >= 0.6 is 0 Å². The minimum atomic E-state index is -0.561. The molecule has 4 saturated carbocycles. The molecule has 5 aliphatic rings. The zero-order chi connectivity index (χ0) is 23.2. The molecule has 0 radical (unpaired) electrons. The van der Waals surface area contributed by atoms with E-state index in [1.165, 1.54) is 19.3 Å². The van der Waals surface area contributed by atoms with Crippen LogP contribution in [0.4, 0.5) is 0 Å². The van der Waals surface area contributed by atoms with Crippen molar-refractivity contribution in [2.45, 2.75) is 77.9 Å². The van der Waals surface area contributed by atoms with Gasteiger partial charge in [0.1, 0.15) is 6.54 Å². The Hall–Kier alpha value is -2.15. The fourth-order valence-corrected chi connectivity index (χ4v) is 7.36. The Morgan fingerprint density at radius 3 is 2.39 bits per heavy atom. The molecular formula is C26H36N2O5. The zero-order valence-corrected chi connectivity index (χ0v) is 19.9. The molecule has 1 amide bonds. The molecule has 4 aliphatic carbocycles. The summed E-state index contributed by atoms with van der Waals surface area (Å²) in [6.07, 6.45) is 8.98. The van der Waals surface area contributed by atoms with E-state index in [-0.39, 0.29) is 36.4 Å². The summed E-state index contributed by atoms with van der Waals surface area (Å²) in [6.45, 7) is 4.95. The maximum atomic E-state index is 13.0. The summed E-state index contributed by atoms with van der Waals surface area (Å²) in [5.41, 5.74) is 2.17. The number of Topliss-reactive ketones (excluding diaryl/α,β-unsaturated/α-hetero) is 1. The molecule has 0 spiro atoms. The molecule has 180 valence electrons. The predicted molar refractivity (Wildman–Crippen MR) is 122 cm³/mol. The number of hydrogen-bond donors (Lipinski definition) is 1. The largest absolute Gasteiger partial charge is 0.456 e. The minimum absolute atomic E-state index is 0.00236. The second-order valence-corrected chi connectivity index (χ2v) is 11.0. The van der Waals surface area contributed by atoms with E-state index in [2.05, 4.69) is 9.88 Å². The summed E-state index contributed by atoms with van der Waals surface area (Å²) in [5.74, 6) is 1.24. The van der Waals surface area contributed by atoms with E-state index in [9.17, 15) is 14.4 Å². The predicted octanol–water partition coefficient (Wildman–Crippen LogP) is 3.34. The number of rotatable bonds is 8. The molecule has 7 heteroatoms. The van der Waals surface area contributed by atoms with Crippen LogP contribution in [0.3, 0.4) is 0 Å². The van der Waals surface area contributed by atoms with Gasteiger partial charge in [0.05, 0.1) is 6.10 Å². The van der Waals surface area contributed by atoms with E-state index >= 15 is 0 Å². The van der Waals surface area contributed by atoms with Gasteiger partial charge in [-0.1, -0.05) is 0 Å². The van der Waals surface area contributed by atoms with Gasteiger partial charge in [-0.05, 0) is 89.0 Å². The van der Waals surface area contributed by atoms with Gasteiger partial charge in [-0.15, -0.1) is 0 Å². The van der Waals surface area contributed by atoms with E-state index in [1.54, 1.807) is 0 Å². The smallest absolute Gasteiger partial charge is 0.325 e. The van der Waals surface area contributed by atoms with Crippen LogP contribution in [-0.4, -0.2) is 48.1 Å². The average Bonchev–Trinajstić information content (AvgIpc) is 3.38. The molecule has 5 fully saturated rings. The lowest BCUT2D eigenvalue weighted by Crippen LogP contribution is -2.54. The normalized spacial score (nSPS) is 32.2. The topological polar surface area (TPSA) is 86.6 Å². The first-order valence-electron chi connectivity index (χ1n) is 12.6. The third-order valence-corrected chi connectivity index (χ3v) is 8.56. The molecule has 2 heterocycles. The van der Waals surface area contributed by atoms with Crippen LogP contribution in [0.5, 0.6) is 0 Å². The molecule has 1 unspecified atom stereocenters. The van der Waals surface area contributed by atoms with Crippen LogP contribution in [-0.2, 0) is 25.6 Å². The lowest BCUT2D eigenvalue weighted by molar-refractivity contribution is -0.150. The number of carbonyl (C=O) groups is 3. The van der Waals surface area contributed by atoms with E-state index in [0.717, 1.165) is 56.6 Å². The number of nitrogens with zero attached hydrogens (tertiary/aromatic N) is 1. The first kappa shape index (κ1) is 22.6. The third kappa shape index (κ3) is 4.48. The summed E-state index contributed by atoms with van der Waals surface area (Å²) < 4.78 is 13.1. The van der Waals surface area contributed by atoms with Gasteiger partial charge in [0.2, 0.25) is 11.7 Å². The van der Waals surface area contributed by atoms with E-state index < -0.39 is 5.97 Å². The Morgan fingerprint density at radius 2 is 1.79 bits per heavy atom. The molecule has 1 saturated heterocycles. The summed E-state index contributed by atoms with van der Waals surface area (Å²) in [5, 5.41) is 2.83. The van der Waals surface area contributed by atoms with Crippen LogP contribution in [0.2, 0.25) is 0 Å². The highest BCUT2D eigenvalue weighted by atomic mass is 16.5. The van der Waals surface area contributed by atoms with Gasteiger partial charge in [0.25, 0.3) is 0 Å². The van der Waals surface area contributed by atoms with Crippen LogP contribution in [0.1, 0.15) is 73.1 Å². The molecule has 7 nitrogen and oxygen atoms in total. The van der Waals surface area contributed by atoms with Crippen LogP contribution < -0.4 is 5.32 Å². The average molecular weight is 457 g/mol. The molecule has 1 atom stereocenters. The van der Waals surface area contributed by atoms with Crippen LogP contribution in [0.15, 0.2) is 6.07 Å². The number of nitrogens with one attached hydrogen (secondary N) is 1. The van der Waals surface area contributed by atoms with Gasteiger partial charge >= 0.3 is 5.97 Å². The highest BCUT2D eigenvalue weighted by molar-refractivity contribution is 5.99. The minimum Gasteiger partial charge on any atom is -0.456 e. The highest BCUT2D eigenvalue weighted by Crippen LogP contribution is 2.60. The fourth-order valence-electron chi connectivity index (χ4n) is 7.36. The number of carbonyl (C=O) groups excluding carboxylic acids is 3. The van der Waals surface area contributed by atoms with Crippen LogP contribution in [0, 0.1) is 37.0 Å². The molecule has 1 aromatic heterocycles. The number of ether oxygens (including phenoxy) is 2. The SMILES string of the molecule is Cc1cc(C(=O)COC(=O)CNC(=O)C23CC4CC(CC(C4)C2)C3)c(C)n1CC1CCCO1. The molecule has 1 aliphatic heterocycles. The van der Waals surface area contributed by atoms with Gasteiger partial charge in [0, 0.05) is 35.5 Å². The van der Waals surface area contributed by atoms with E-state index in [4.69, 9.17) is 9.47 Å². The van der Waals surface area contributed by atoms with Gasteiger partial charge in [-0.3, -0.25) is 14.4 Å². The Bertz CT molecular complexity index is 907. The van der Waals surface area contributed by atoms with Crippen molar-refractivity contribution in [3.8, 4) is 0 Å². The van der Waals surface area contributed by atoms with Crippen molar-refractivity contribution in [1.82, 2.24) is 9.88 Å². The Morgan fingerprint density at radius 1 is 1.12 bits per heavy atom. The number of ketones is 1. The summed E-state index contributed by atoms with van der Waals surface area (Å²) in [4.78, 5) is 38.0. The van der Waals surface area contributed by atoms with Crippen molar-refractivity contribution < 1.29 is 23.9 Å². The summed E-state index contributed by atoms with van der Waals surface area (Å²) in [6, 6.07) is 1.86. The fraction of sp³-hybridized carbons (Fsp3) is 0.731. The van der Waals surface area contributed by atoms with Crippen molar-refractivity contribution in [2.75, 3.05) is 19.8 Å². The van der Waals surface area contributed by atoms with Crippen molar-refractivity contribution in [3.05, 3.63) is 23.0 Å². The number of amides is 1. The Kier molecular flexibility index (Phi) is 6.10. The number of hydrogen-bond acceptors (Lipinski definition) is 5. The molecule has 4 bridgehead atoms. The lowest BCUT2D eigenvalue weighted by Gasteiger charge is -2.55. The standard InChI is InChI=1S/C26H36N2O5/c1-16-6-22(17(2)28(16)14-21-4-3-5-32-21)23(29)15-33-24(30)13-27-25(31)26-10-18-7-19(11-26)9-20(8-18)12-26/h6,18-21H,3-5,7-15H2,1-2H3,(H,27,31). The van der Waals surface area contributed by atoms with Crippen molar-refractivity contribution in [2.24, 2.45) is 23.2 Å². The Balaban J connectivity index is 1.11. The van der Waals surface area contributed by atoms with Gasteiger partial charge in [0.15, 0.2) is 6.61 Å². The molecule has 0 aromatic carbocycles. The van der Waals surface area contributed by atoms with E-state index in [0.29, 0.717) is 23.3 Å². The van der Waals surface area contributed by atoms with Crippen molar-refractivity contribution in [3.63, 3.8) is 0 Å². The molecular weight excluding hydrogens is 420 g/mol. The first-order valence-corrected chi connectivity index (χ1v) is 12.6. The van der Waals surface area contributed by atoms with Crippen molar-refractivity contribution >= 4 is 17.7 Å². The number of aromatic nitrogens is 1. The monoisotopic (exact) mass is 456 g/mol. The second-order valence-electron chi connectivity index (χ2n) is 11.0. The first-order chi connectivity index (χ1) is 15.8. The second kappa shape index (κ2) is 8.90. The van der Waals surface area contributed by atoms with Gasteiger partial charge in [-0.25, -0.2) is 0 Å². The Labute approximate surface area is 195 Å². The number of aryl methyl sites for hydroxylation is 1. The van der Waals surface area contributed by atoms with E-state index in [1.807, 2.05) is 19.9 Å². The van der Waals surface area contributed by atoms with Crippen LogP contribution in [0.25, 0.3) is 0 Å². The van der Waals surface area contributed by atoms with Gasteiger partial charge < -0.3 is 19.4 Å². The summed E-state index contributed by atoms with van der Waals surface area (Å²) in [7, 11) is 0. The molecule has 33 heavy (non-hydrogen) atoms. The molecule has 6 rings (SSSR count). The molecule has 1 aromatic rings. The third-order valence-electron chi connectivity index (χ3n) is 8.56. The zero-order valence-electron chi connectivity index (χ0n) is 19.9. The van der Waals surface area contributed by atoms with Gasteiger partial charge in [-0.2, -0.15) is 0 Å². The number of esters is 1. The summed E-state index contributed by atoms with van der Waals surface area (Å²) >= 11 is 0.